The van der Waals surface area contributed by atoms with E-state index in [4.69, 9.17) is 11.6 Å². The number of hydrogen-bond donors (Lipinski definition) is 1. The summed E-state index contributed by atoms with van der Waals surface area (Å²) in [5.41, 5.74) is 0.847. The number of thiazole rings is 1. The Labute approximate surface area is 112 Å². The van der Waals surface area contributed by atoms with Crippen molar-refractivity contribution in [3.05, 3.63) is 16.1 Å². The average molecular weight is 275 g/mol. The van der Waals surface area contributed by atoms with E-state index in [1.165, 1.54) is 11.3 Å². The third kappa shape index (κ3) is 5.04. The zero-order chi connectivity index (χ0) is 12.7. The van der Waals surface area contributed by atoms with E-state index in [0.29, 0.717) is 18.3 Å². The van der Waals surface area contributed by atoms with Crippen molar-refractivity contribution in [2.45, 2.75) is 51.5 Å². The van der Waals surface area contributed by atoms with Crippen LogP contribution < -0.4 is 5.32 Å². The predicted octanol–water partition coefficient (Wildman–Crippen LogP) is 3.12. The Hall–Kier alpha value is -0.610. The quantitative estimate of drug-likeness (QED) is 0.776. The van der Waals surface area contributed by atoms with Gasteiger partial charge in [-0.25, -0.2) is 4.98 Å². The second-order valence-electron chi connectivity index (χ2n) is 4.00. The van der Waals surface area contributed by atoms with Gasteiger partial charge in [0, 0.05) is 11.4 Å². The highest BCUT2D eigenvalue weighted by molar-refractivity contribution is 7.09. The number of nitrogens with zero attached hydrogens (tertiary/aromatic N) is 1. The van der Waals surface area contributed by atoms with Gasteiger partial charge in [0.05, 0.1) is 18.0 Å². The first-order valence-electron chi connectivity index (χ1n) is 5.98. The van der Waals surface area contributed by atoms with Crippen LogP contribution in [0, 0.1) is 0 Å². The van der Waals surface area contributed by atoms with Gasteiger partial charge in [-0.2, -0.15) is 0 Å². The summed E-state index contributed by atoms with van der Waals surface area (Å²) in [6.45, 7) is 4.22. The summed E-state index contributed by atoms with van der Waals surface area (Å²) in [7, 11) is 0. The van der Waals surface area contributed by atoms with Gasteiger partial charge in [0.15, 0.2) is 0 Å². The molecule has 3 nitrogen and oxygen atoms in total. The molecule has 96 valence electrons. The monoisotopic (exact) mass is 274 g/mol. The summed E-state index contributed by atoms with van der Waals surface area (Å²) in [6.07, 6.45) is 3.46. The van der Waals surface area contributed by atoms with Crippen molar-refractivity contribution in [2.75, 3.05) is 0 Å². The van der Waals surface area contributed by atoms with Crippen molar-refractivity contribution in [3.63, 3.8) is 0 Å². The van der Waals surface area contributed by atoms with Crippen molar-refractivity contribution in [1.29, 1.82) is 0 Å². The van der Waals surface area contributed by atoms with E-state index < -0.39 is 0 Å². The summed E-state index contributed by atoms with van der Waals surface area (Å²) in [5.74, 6) is 0.465. The van der Waals surface area contributed by atoms with Crippen LogP contribution in [0.1, 0.15) is 43.8 Å². The largest absolute Gasteiger partial charge is 0.353 e. The molecule has 1 N–H and O–H groups in total. The van der Waals surface area contributed by atoms with Crippen molar-refractivity contribution in [1.82, 2.24) is 10.3 Å². The average Bonchev–Trinajstić information content (AvgIpc) is 2.76. The van der Waals surface area contributed by atoms with E-state index >= 15 is 0 Å². The fraction of sp³-hybridized carbons (Fsp3) is 0.667. The molecule has 0 aliphatic carbocycles. The maximum Gasteiger partial charge on any atom is 0.227 e. The van der Waals surface area contributed by atoms with Gasteiger partial charge >= 0.3 is 0 Å². The molecule has 1 aromatic heterocycles. The minimum absolute atomic E-state index is 0.0563. The highest BCUT2D eigenvalue weighted by atomic mass is 35.5. The predicted molar refractivity (Wildman–Crippen MR) is 72.5 cm³/mol. The molecule has 0 aliphatic heterocycles. The number of nitrogens with one attached hydrogen (secondary N) is 1. The number of amides is 1. The second kappa shape index (κ2) is 7.67. The van der Waals surface area contributed by atoms with Crippen LogP contribution in [0.25, 0.3) is 0 Å². The number of aromatic nitrogens is 1. The molecule has 0 bridgehead atoms. The van der Waals surface area contributed by atoms with E-state index in [9.17, 15) is 4.79 Å². The molecule has 0 fully saturated rings. The van der Waals surface area contributed by atoms with Gasteiger partial charge in [-0.3, -0.25) is 4.79 Å². The number of halogens is 1. The lowest BCUT2D eigenvalue weighted by Gasteiger charge is -2.15. The van der Waals surface area contributed by atoms with Crippen LogP contribution in [-0.2, 0) is 17.1 Å². The van der Waals surface area contributed by atoms with Crippen molar-refractivity contribution < 1.29 is 4.79 Å². The number of rotatable bonds is 7. The van der Waals surface area contributed by atoms with Gasteiger partial charge in [-0.1, -0.05) is 20.3 Å². The fourth-order valence-electron chi connectivity index (χ4n) is 1.63. The molecule has 1 heterocycles. The van der Waals surface area contributed by atoms with E-state index in [-0.39, 0.29) is 5.91 Å². The minimum Gasteiger partial charge on any atom is -0.353 e. The molecule has 0 spiro atoms. The second-order valence-corrected chi connectivity index (χ2v) is 5.21. The molecule has 0 saturated carbocycles. The third-order valence-corrected chi connectivity index (χ3v) is 3.71. The topological polar surface area (TPSA) is 42.0 Å². The van der Waals surface area contributed by atoms with Gasteiger partial charge in [-0.05, 0) is 12.8 Å². The summed E-state index contributed by atoms with van der Waals surface area (Å²) < 4.78 is 0. The normalized spacial score (nSPS) is 12.4. The Balaban J connectivity index is 2.42. The van der Waals surface area contributed by atoms with Crippen LogP contribution in [0.15, 0.2) is 5.38 Å². The zero-order valence-electron chi connectivity index (χ0n) is 10.3. The molecule has 5 heteroatoms. The van der Waals surface area contributed by atoms with E-state index in [1.807, 2.05) is 5.38 Å². The molecule has 1 rings (SSSR count). The molecule has 17 heavy (non-hydrogen) atoms. The molecular weight excluding hydrogens is 256 g/mol. The van der Waals surface area contributed by atoms with Crippen LogP contribution in [0.2, 0.25) is 0 Å². The van der Waals surface area contributed by atoms with Crippen LogP contribution in [0.4, 0.5) is 0 Å². The summed E-state index contributed by atoms with van der Waals surface area (Å²) >= 11 is 7.16. The van der Waals surface area contributed by atoms with Gasteiger partial charge < -0.3 is 5.32 Å². The molecular formula is C12H19ClN2OS. The summed E-state index contributed by atoms with van der Waals surface area (Å²) in [6, 6.07) is 0.292. The van der Waals surface area contributed by atoms with Gasteiger partial charge in [0.1, 0.15) is 5.01 Å². The Kier molecular flexibility index (Phi) is 6.52. The molecule has 0 aliphatic rings. The molecule has 1 aromatic rings. The Morgan fingerprint density at radius 3 is 2.88 bits per heavy atom. The smallest absolute Gasteiger partial charge is 0.227 e. The Morgan fingerprint density at radius 1 is 1.59 bits per heavy atom. The SMILES string of the molecule is CCCC(CC)NC(=O)Cc1nc(CCl)cs1. The van der Waals surface area contributed by atoms with E-state index in [2.05, 4.69) is 24.1 Å². The van der Waals surface area contributed by atoms with Crippen LogP contribution in [0.3, 0.4) is 0 Å². The minimum atomic E-state index is 0.0563. The van der Waals surface area contributed by atoms with Gasteiger partial charge in [0.2, 0.25) is 5.91 Å². The van der Waals surface area contributed by atoms with Crippen LogP contribution in [-0.4, -0.2) is 16.9 Å². The fourth-order valence-corrected chi connectivity index (χ4v) is 2.66. The summed E-state index contributed by atoms with van der Waals surface area (Å²) in [5, 5.41) is 5.78. The highest BCUT2D eigenvalue weighted by Gasteiger charge is 2.11. The molecule has 1 amide bonds. The number of hydrogen-bond acceptors (Lipinski definition) is 3. The lowest BCUT2D eigenvalue weighted by Crippen LogP contribution is -2.35. The van der Waals surface area contributed by atoms with Crippen LogP contribution >= 0.6 is 22.9 Å². The van der Waals surface area contributed by atoms with Crippen molar-refractivity contribution in [3.8, 4) is 0 Å². The number of alkyl halides is 1. The Bertz CT molecular complexity index is 354. The molecule has 0 aromatic carbocycles. The van der Waals surface area contributed by atoms with E-state index in [0.717, 1.165) is 30.0 Å². The lowest BCUT2D eigenvalue weighted by atomic mass is 10.1. The molecule has 1 atom stereocenters. The first-order chi connectivity index (χ1) is 8.19. The van der Waals surface area contributed by atoms with Crippen LogP contribution in [0.5, 0.6) is 0 Å². The molecule has 1 unspecified atom stereocenters. The summed E-state index contributed by atoms with van der Waals surface area (Å²) in [4.78, 5) is 16.1. The Morgan fingerprint density at radius 2 is 2.35 bits per heavy atom. The first kappa shape index (κ1) is 14.5. The van der Waals surface area contributed by atoms with Gasteiger partial charge in [0.25, 0.3) is 0 Å². The maximum atomic E-state index is 11.8. The standard InChI is InChI=1S/C12H19ClN2OS/c1-3-5-9(4-2)14-11(16)6-12-15-10(7-13)8-17-12/h8-9H,3-7H2,1-2H3,(H,14,16). The third-order valence-electron chi connectivity index (χ3n) is 2.54. The van der Waals surface area contributed by atoms with E-state index in [1.54, 1.807) is 0 Å². The molecule has 0 radical (unpaired) electrons. The molecule has 0 saturated heterocycles. The lowest BCUT2D eigenvalue weighted by molar-refractivity contribution is -0.121. The van der Waals surface area contributed by atoms with Crippen molar-refractivity contribution >= 4 is 28.8 Å². The number of carbonyl (C=O) groups is 1. The maximum absolute atomic E-state index is 11.8. The zero-order valence-corrected chi connectivity index (χ0v) is 11.9. The first-order valence-corrected chi connectivity index (χ1v) is 7.39. The van der Waals surface area contributed by atoms with Crippen molar-refractivity contribution in [2.24, 2.45) is 0 Å². The number of carbonyl (C=O) groups excluding carboxylic acids is 1. The van der Waals surface area contributed by atoms with Gasteiger partial charge in [-0.15, -0.1) is 22.9 Å². The highest BCUT2D eigenvalue weighted by Crippen LogP contribution is 2.12.